The molecule has 2 amide bonds. The van der Waals surface area contributed by atoms with Gasteiger partial charge in [0.1, 0.15) is 6.04 Å². The first-order valence-electron chi connectivity index (χ1n) is 8.34. The van der Waals surface area contributed by atoms with Gasteiger partial charge in [0.2, 0.25) is 11.8 Å². The van der Waals surface area contributed by atoms with Gasteiger partial charge in [-0.3, -0.25) is 14.3 Å². The molecule has 1 saturated heterocycles. The number of aryl methyl sites for hydroxylation is 2. The molecule has 0 bridgehead atoms. The number of carbonyl (C=O) groups excluding carboxylic acids is 2. The quantitative estimate of drug-likeness (QED) is 0.900. The Balaban J connectivity index is 2.16. The van der Waals surface area contributed by atoms with E-state index in [2.05, 4.69) is 10.4 Å². The zero-order valence-corrected chi connectivity index (χ0v) is 15.0. The fourth-order valence-electron chi connectivity index (χ4n) is 3.55. The molecule has 128 valence electrons. The molecule has 0 radical (unpaired) electrons. The highest BCUT2D eigenvalue weighted by atomic mass is 16.2. The molecule has 0 unspecified atom stereocenters. The lowest BCUT2D eigenvalue weighted by Crippen LogP contribution is -2.50. The third-order valence-electron chi connectivity index (χ3n) is 4.70. The summed E-state index contributed by atoms with van der Waals surface area (Å²) >= 11 is 0. The van der Waals surface area contributed by atoms with Crippen LogP contribution in [0.4, 0.5) is 0 Å². The number of nitrogens with zero attached hydrogens (tertiary/aromatic N) is 3. The maximum Gasteiger partial charge on any atom is 0.243 e. The van der Waals surface area contributed by atoms with Crippen LogP contribution in [0.15, 0.2) is 0 Å². The number of nitrogens with one attached hydrogen (secondary N) is 1. The molecular formula is C17H28N4O2. The molecule has 1 N–H and O–H groups in total. The van der Waals surface area contributed by atoms with Crippen LogP contribution in [0.1, 0.15) is 56.6 Å². The van der Waals surface area contributed by atoms with Crippen molar-refractivity contribution in [3.8, 4) is 0 Å². The Labute approximate surface area is 138 Å². The Hall–Kier alpha value is -1.85. The molecular weight excluding hydrogens is 292 g/mol. The molecule has 1 aliphatic rings. The number of hydrogen-bond acceptors (Lipinski definition) is 3. The zero-order chi connectivity index (χ0) is 17.3. The van der Waals surface area contributed by atoms with Crippen molar-refractivity contribution in [2.24, 2.45) is 13.0 Å². The summed E-state index contributed by atoms with van der Waals surface area (Å²) in [7, 11) is 1.90. The van der Waals surface area contributed by atoms with E-state index in [4.69, 9.17) is 0 Å². The Morgan fingerprint density at radius 2 is 1.91 bits per heavy atom. The molecule has 0 aromatic carbocycles. The number of likely N-dealkylation sites (tertiary alicyclic amines) is 1. The van der Waals surface area contributed by atoms with E-state index >= 15 is 0 Å². The van der Waals surface area contributed by atoms with Gasteiger partial charge in [0.25, 0.3) is 0 Å². The summed E-state index contributed by atoms with van der Waals surface area (Å²) in [4.78, 5) is 26.6. The molecule has 1 aliphatic heterocycles. The highest BCUT2D eigenvalue weighted by Crippen LogP contribution is 2.23. The zero-order valence-electron chi connectivity index (χ0n) is 15.0. The SMILES string of the molecule is Cc1nn(C)c(C)c1[C@@H](C)NC(=O)[C@H](C(C)C)N1CCCC1=O. The largest absolute Gasteiger partial charge is 0.348 e. The number of hydrogen-bond donors (Lipinski definition) is 1. The van der Waals surface area contributed by atoms with Gasteiger partial charge in [-0.1, -0.05) is 13.8 Å². The van der Waals surface area contributed by atoms with Crippen LogP contribution in [-0.4, -0.2) is 39.1 Å². The summed E-state index contributed by atoms with van der Waals surface area (Å²) in [6, 6.07) is -0.528. The summed E-state index contributed by atoms with van der Waals surface area (Å²) < 4.78 is 1.83. The first kappa shape index (κ1) is 17.5. The van der Waals surface area contributed by atoms with E-state index in [1.54, 1.807) is 4.90 Å². The monoisotopic (exact) mass is 320 g/mol. The van der Waals surface area contributed by atoms with E-state index < -0.39 is 6.04 Å². The minimum atomic E-state index is -0.398. The first-order valence-corrected chi connectivity index (χ1v) is 8.34. The van der Waals surface area contributed by atoms with Crippen LogP contribution in [-0.2, 0) is 16.6 Å². The van der Waals surface area contributed by atoms with Crippen LogP contribution in [0.5, 0.6) is 0 Å². The molecule has 1 aromatic rings. The molecule has 1 aromatic heterocycles. The fourth-order valence-corrected chi connectivity index (χ4v) is 3.55. The van der Waals surface area contributed by atoms with E-state index in [0.29, 0.717) is 13.0 Å². The fraction of sp³-hybridized carbons (Fsp3) is 0.706. The van der Waals surface area contributed by atoms with Crippen LogP contribution in [0.3, 0.4) is 0 Å². The molecule has 2 rings (SSSR count). The Kier molecular flexibility index (Phi) is 5.12. The van der Waals surface area contributed by atoms with Crippen molar-refractivity contribution in [3.05, 3.63) is 17.0 Å². The third kappa shape index (κ3) is 3.41. The number of aromatic nitrogens is 2. The maximum absolute atomic E-state index is 12.8. The van der Waals surface area contributed by atoms with E-state index in [1.165, 1.54) is 0 Å². The Bertz CT molecular complexity index is 606. The lowest BCUT2D eigenvalue weighted by Gasteiger charge is -2.31. The second-order valence-electron chi connectivity index (χ2n) is 6.82. The average molecular weight is 320 g/mol. The molecule has 6 nitrogen and oxygen atoms in total. The maximum atomic E-state index is 12.8. The summed E-state index contributed by atoms with van der Waals surface area (Å²) in [6.45, 7) is 10.6. The van der Waals surface area contributed by atoms with Crippen molar-refractivity contribution in [1.82, 2.24) is 20.0 Å². The van der Waals surface area contributed by atoms with E-state index in [9.17, 15) is 9.59 Å². The number of amides is 2. The van der Waals surface area contributed by atoms with Gasteiger partial charge in [-0.05, 0) is 33.1 Å². The van der Waals surface area contributed by atoms with Crippen molar-refractivity contribution >= 4 is 11.8 Å². The van der Waals surface area contributed by atoms with Gasteiger partial charge in [-0.2, -0.15) is 5.10 Å². The lowest BCUT2D eigenvalue weighted by atomic mass is 10.00. The normalized spacial score (nSPS) is 17.7. The molecule has 2 heterocycles. The second kappa shape index (κ2) is 6.72. The molecule has 23 heavy (non-hydrogen) atoms. The summed E-state index contributed by atoms with van der Waals surface area (Å²) in [5, 5.41) is 7.49. The number of rotatable bonds is 5. The van der Waals surface area contributed by atoms with Gasteiger partial charge < -0.3 is 10.2 Å². The van der Waals surface area contributed by atoms with Crippen molar-refractivity contribution in [2.45, 2.75) is 59.5 Å². The molecule has 0 aliphatic carbocycles. The summed E-state index contributed by atoms with van der Waals surface area (Å²) in [6.07, 6.45) is 1.39. The topological polar surface area (TPSA) is 67.2 Å². The molecule has 0 saturated carbocycles. The number of carbonyl (C=O) groups is 2. The highest BCUT2D eigenvalue weighted by Gasteiger charge is 2.35. The standard InChI is InChI=1S/C17H28N4O2/c1-10(2)16(21-9-7-8-14(21)22)17(23)18-11(3)15-12(4)19-20(6)13(15)5/h10-11,16H,7-9H2,1-6H3,(H,18,23)/t11-,16+/m1/s1. The molecule has 1 fully saturated rings. The second-order valence-corrected chi connectivity index (χ2v) is 6.82. The predicted octanol–water partition coefficient (Wildman–Crippen LogP) is 1.86. The summed E-state index contributed by atoms with van der Waals surface area (Å²) in [5.74, 6) is 0.0889. The average Bonchev–Trinajstić information content (AvgIpc) is 2.94. The van der Waals surface area contributed by atoms with Crippen LogP contribution in [0, 0.1) is 19.8 Å². The predicted molar refractivity (Wildman–Crippen MR) is 88.8 cm³/mol. The van der Waals surface area contributed by atoms with Gasteiger partial charge in [0.15, 0.2) is 0 Å². The van der Waals surface area contributed by atoms with Crippen molar-refractivity contribution in [3.63, 3.8) is 0 Å². The Morgan fingerprint density at radius 3 is 2.35 bits per heavy atom. The van der Waals surface area contributed by atoms with Crippen molar-refractivity contribution in [2.75, 3.05) is 6.54 Å². The smallest absolute Gasteiger partial charge is 0.243 e. The molecule has 0 spiro atoms. The first-order chi connectivity index (χ1) is 10.7. The third-order valence-corrected chi connectivity index (χ3v) is 4.70. The van der Waals surface area contributed by atoms with Gasteiger partial charge in [-0.15, -0.1) is 0 Å². The van der Waals surface area contributed by atoms with Crippen LogP contribution in [0.25, 0.3) is 0 Å². The Morgan fingerprint density at radius 1 is 1.26 bits per heavy atom. The van der Waals surface area contributed by atoms with E-state index in [1.807, 2.05) is 46.3 Å². The van der Waals surface area contributed by atoms with Gasteiger partial charge >= 0.3 is 0 Å². The van der Waals surface area contributed by atoms with Crippen LogP contribution in [0.2, 0.25) is 0 Å². The van der Waals surface area contributed by atoms with Gasteiger partial charge in [-0.25, -0.2) is 0 Å². The highest BCUT2D eigenvalue weighted by molar-refractivity contribution is 5.89. The van der Waals surface area contributed by atoms with Gasteiger partial charge in [0.05, 0.1) is 11.7 Å². The lowest BCUT2D eigenvalue weighted by molar-refractivity contribution is -0.139. The van der Waals surface area contributed by atoms with E-state index in [-0.39, 0.29) is 23.8 Å². The van der Waals surface area contributed by atoms with Crippen LogP contribution >= 0.6 is 0 Å². The minimum Gasteiger partial charge on any atom is -0.348 e. The minimum absolute atomic E-state index is 0.0783. The molecule has 6 heteroatoms. The summed E-state index contributed by atoms with van der Waals surface area (Å²) in [5.41, 5.74) is 3.03. The van der Waals surface area contributed by atoms with Crippen LogP contribution < -0.4 is 5.32 Å². The van der Waals surface area contributed by atoms with E-state index in [0.717, 1.165) is 23.4 Å². The van der Waals surface area contributed by atoms with Crippen molar-refractivity contribution < 1.29 is 9.59 Å². The molecule has 2 atom stereocenters. The van der Waals surface area contributed by atoms with Crippen molar-refractivity contribution in [1.29, 1.82) is 0 Å². The van der Waals surface area contributed by atoms with Gasteiger partial charge in [0, 0.05) is 31.3 Å².